The zero-order valence-electron chi connectivity index (χ0n) is 12.0. The van der Waals surface area contributed by atoms with Crippen molar-refractivity contribution in [2.24, 2.45) is 0 Å². The average molecular weight is 415 g/mol. The number of halogens is 2. The zero-order chi connectivity index (χ0) is 15.2. The highest BCUT2D eigenvalue weighted by atomic mass is 79.9. The minimum atomic E-state index is 0.629. The minimum Gasteiger partial charge on any atom is -0.495 e. The molecule has 0 aromatic heterocycles. The van der Waals surface area contributed by atoms with Gasteiger partial charge in [0.25, 0.3) is 0 Å². The largest absolute Gasteiger partial charge is 0.495 e. The van der Waals surface area contributed by atoms with Gasteiger partial charge in [-0.2, -0.15) is 0 Å². The first-order valence-electron chi connectivity index (χ1n) is 6.47. The van der Waals surface area contributed by atoms with Crippen LogP contribution in [0.1, 0.15) is 11.1 Å². The van der Waals surface area contributed by atoms with E-state index >= 15 is 0 Å². The topological polar surface area (TPSA) is 30.5 Å². The van der Waals surface area contributed by atoms with Crippen molar-refractivity contribution in [3.8, 4) is 5.75 Å². The summed E-state index contributed by atoms with van der Waals surface area (Å²) in [6, 6.07) is 12.3. The molecule has 0 aliphatic rings. The first-order valence-corrected chi connectivity index (χ1v) is 8.06. The Morgan fingerprint density at radius 2 is 1.76 bits per heavy atom. The second kappa shape index (κ2) is 7.82. The zero-order valence-corrected chi connectivity index (χ0v) is 15.1. The van der Waals surface area contributed by atoms with Crippen LogP contribution in [-0.4, -0.2) is 14.2 Å². The lowest BCUT2D eigenvalue weighted by Crippen LogP contribution is -2.01. The molecule has 0 saturated carbocycles. The van der Waals surface area contributed by atoms with Gasteiger partial charge in [0, 0.05) is 24.2 Å². The van der Waals surface area contributed by atoms with Gasteiger partial charge < -0.3 is 14.8 Å². The Bertz CT molecular complexity index is 617. The maximum Gasteiger partial charge on any atom is 0.135 e. The molecule has 0 fully saturated rings. The minimum absolute atomic E-state index is 0.629. The van der Waals surface area contributed by atoms with Gasteiger partial charge in [0.15, 0.2) is 0 Å². The Balaban J connectivity index is 2.11. The molecule has 5 heteroatoms. The summed E-state index contributed by atoms with van der Waals surface area (Å²) in [5.74, 6) is 0.800. The molecule has 112 valence electrons. The number of benzene rings is 2. The highest BCUT2D eigenvalue weighted by Crippen LogP contribution is 2.34. The number of hydrogen-bond acceptors (Lipinski definition) is 3. The molecule has 0 radical (unpaired) electrons. The highest BCUT2D eigenvalue weighted by molar-refractivity contribution is 9.11. The molecule has 3 nitrogen and oxygen atoms in total. The monoisotopic (exact) mass is 413 g/mol. The predicted octanol–water partition coefficient (Wildman–Crippen LogP) is 4.98. The summed E-state index contributed by atoms with van der Waals surface area (Å²) in [6.45, 7) is 1.37. The second-order valence-corrected chi connectivity index (χ2v) is 6.28. The molecule has 0 spiro atoms. The van der Waals surface area contributed by atoms with Crippen LogP contribution in [-0.2, 0) is 17.9 Å². The van der Waals surface area contributed by atoms with E-state index < -0.39 is 0 Å². The van der Waals surface area contributed by atoms with E-state index in [-0.39, 0.29) is 0 Å². The first-order chi connectivity index (χ1) is 10.1. The van der Waals surface area contributed by atoms with Crippen molar-refractivity contribution in [3.05, 3.63) is 56.5 Å². The quantitative estimate of drug-likeness (QED) is 0.722. The molecule has 0 aliphatic heterocycles. The molecule has 0 bridgehead atoms. The maximum atomic E-state index is 5.32. The van der Waals surface area contributed by atoms with Gasteiger partial charge in [0.2, 0.25) is 0 Å². The Morgan fingerprint density at radius 1 is 1.00 bits per heavy atom. The van der Waals surface area contributed by atoms with Crippen molar-refractivity contribution in [1.29, 1.82) is 0 Å². The van der Waals surface area contributed by atoms with Crippen LogP contribution in [0.25, 0.3) is 0 Å². The fourth-order valence-corrected chi connectivity index (χ4v) is 3.31. The van der Waals surface area contributed by atoms with Crippen molar-refractivity contribution >= 4 is 37.5 Å². The van der Waals surface area contributed by atoms with Gasteiger partial charge in [-0.1, -0.05) is 24.3 Å². The molecule has 0 heterocycles. The number of methoxy groups -OCH3 is 2. The number of hydrogen-bond donors (Lipinski definition) is 1. The van der Waals surface area contributed by atoms with Gasteiger partial charge in [-0.05, 0) is 49.1 Å². The third-order valence-corrected chi connectivity index (χ3v) is 4.30. The molecule has 0 amide bonds. The Hall–Kier alpha value is -1.04. The van der Waals surface area contributed by atoms with E-state index in [4.69, 9.17) is 9.47 Å². The van der Waals surface area contributed by atoms with E-state index in [1.54, 1.807) is 14.2 Å². The van der Waals surface area contributed by atoms with E-state index in [9.17, 15) is 0 Å². The van der Waals surface area contributed by atoms with Crippen LogP contribution in [0.15, 0.2) is 45.3 Å². The van der Waals surface area contributed by atoms with Gasteiger partial charge >= 0.3 is 0 Å². The van der Waals surface area contributed by atoms with Crippen LogP contribution in [0, 0.1) is 0 Å². The van der Waals surface area contributed by atoms with Crippen molar-refractivity contribution in [2.75, 3.05) is 19.5 Å². The van der Waals surface area contributed by atoms with Crippen LogP contribution < -0.4 is 10.1 Å². The predicted molar refractivity (Wildman–Crippen MR) is 92.9 cm³/mol. The second-order valence-electron chi connectivity index (χ2n) is 4.57. The SMILES string of the molecule is COCc1cccc(CNc2cc(OC)c(Br)cc2Br)c1. The van der Waals surface area contributed by atoms with Crippen molar-refractivity contribution in [1.82, 2.24) is 0 Å². The van der Waals surface area contributed by atoms with Crippen molar-refractivity contribution in [2.45, 2.75) is 13.2 Å². The van der Waals surface area contributed by atoms with E-state index in [1.807, 2.05) is 18.2 Å². The smallest absolute Gasteiger partial charge is 0.135 e. The fraction of sp³-hybridized carbons (Fsp3) is 0.250. The van der Waals surface area contributed by atoms with Gasteiger partial charge in [0.05, 0.1) is 23.9 Å². The lowest BCUT2D eigenvalue weighted by molar-refractivity contribution is 0.185. The summed E-state index contributed by atoms with van der Waals surface area (Å²) >= 11 is 7.02. The van der Waals surface area contributed by atoms with E-state index in [2.05, 4.69) is 55.4 Å². The molecule has 2 rings (SSSR count). The normalized spacial score (nSPS) is 10.5. The Kier molecular flexibility index (Phi) is 6.08. The molecular weight excluding hydrogens is 398 g/mol. The number of ether oxygens (including phenoxy) is 2. The van der Waals surface area contributed by atoms with Gasteiger partial charge in [-0.3, -0.25) is 0 Å². The summed E-state index contributed by atoms with van der Waals surface area (Å²) in [6.07, 6.45) is 0. The van der Waals surface area contributed by atoms with E-state index in [0.29, 0.717) is 6.61 Å². The molecule has 1 N–H and O–H groups in total. The maximum absolute atomic E-state index is 5.32. The number of anilines is 1. The third-order valence-electron chi connectivity index (χ3n) is 3.03. The van der Waals surface area contributed by atoms with Crippen LogP contribution >= 0.6 is 31.9 Å². The summed E-state index contributed by atoms with van der Waals surface area (Å²) in [4.78, 5) is 0. The Morgan fingerprint density at radius 3 is 2.48 bits per heavy atom. The average Bonchev–Trinajstić information content (AvgIpc) is 2.47. The third kappa shape index (κ3) is 4.46. The highest BCUT2D eigenvalue weighted by Gasteiger charge is 2.07. The molecule has 0 saturated heterocycles. The van der Waals surface area contributed by atoms with Crippen LogP contribution in [0.2, 0.25) is 0 Å². The molecule has 0 atom stereocenters. The number of rotatable bonds is 6. The molecule has 21 heavy (non-hydrogen) atoms. The Labute approximate surface area is 141 Å². The molecule has 0 unspecified atom stereocenters. The lowest BCUT2D eigenvalue weighted by Gasteiger charge is -2.12. The summed E-state index contributed by atoms with van der Waals surface area (Å²) in [5.41, 5.74) is 3.37. The van der Waals surface area contributed by atoms with E-state index in [0.717, 1.165) is 26.9 Å². The summed E-state index contributed by atoms with van der Waals surface area (Å²) in [5, 5.41) is 3.41. The number of nitrogens with one attached hydrogen (secondary N) is 1. The van der Waals surface area contributed by atoms with Crippen molar-refractivity contribution in [3.63, 3.8) is 0 Å². The van der Waals surface area contributed by atoms with Crippen LogP contribution in [0.3, 0.4) is 0 Å². The molecule has 2 aromatic carbocycles. The fourth-order valence-electron chi connectivity index (χ4n) is 2.01. The van der Waals surface area contributed by atoms with Crippen molar-refractivity contribution < 1.29 is 9.47 Å². The van der Waals surface area contributed by atoms with Gasteiger partial charge in [-0.25, -0.2) is 0 Å². The molecule has 0 aliphatic carbocycles. The van der Waals surface area contributed by atoms with Gasteiger partial charge in [0.1, 0.15) is 5.75 Å². The lowest BCUT2D eigenvalue weighted by atomic mass is 10.1. The standard InChI is InChI=1S/C16H17Br2NO2/c1-20-10-12-5-3-4-11(6-12)9-19-15-8-16(21-2)14(18)7-13(15)17/h3-8,19H,9-10H2,1-2H3. The van der Waals surface area contributed by atoms with Crippen LogP contribution in [0.5, 0.6) is 5.75 Å². The molecular formula is C16H17Br2NO2. The summed E-state index contributed by atoms with van der Waals surface area (Å²) < 4.78 is 12.4. The van der Waals surface area contributed by atoms with Gasteiger partial charge in [-0.15, -0.1) is 0 Å². The molecule has 2 aromatic rings. The van der Waals surface area contributed by atoms with E-state index in [1.165, 1.54) is 11.1 Å². The first kappa shape index (κ1) is 16.3. The van der Waals surface area contributed by atoms with Crippen LogP contribution in [0.4, 0.5) is 5.69 Å². The summed E-state index contributed by atoms with van der Waals surface area (Å²) in [7, 11) is 3.36.